The fourth-order valence-electron chi connectivity index (χ4n) is 3.66. The van der Waals surface area contributed by atoms with Crippen LogP contribution in [0.25, 0.3) is 5.76 Å². The highest BCUT2D eigenvalue weighted by molar-refractivity contribution is 6.46. The molecule has 0 saturated carbocycles. The number of carbonyl (C=O) groups excluding carboxylic acids is 2. The molecule has 1 N–H and O–H groups in total. The summed E-state index contributed by atoms with van der Waals surface area (Å²) in [5.74, 6) is -0.937. The number of ketones is 1. The molecule has 156 valence electrons. The van der Waals surface area contributed by atoms with E-state index in [4.69, 9.17) is 4.74 Å². The van der Waals surface area contributed by atoms with E-state index in [1.807, 2.05) is 13.0 Å². The minimum Gasteiger partial charge on any atom is -0.507 e. The van der Waals surface area contributed by atoms with E-state index < -0.39 is 17.7 Å². The van der Waals surface area contributed by atoms with Gasteiger partial charge in [-0.15, -0.1) is 0 Å². The number of likely N-dealkylation sites (tertiary alicyclic amines) is 1. The second-order valence-corrected chi connectivity index (χ2v) is 7.03. The van der Waals surface area contributed by atoms with Gasteiger partial charge >= 0.3 is 0 Å². The van der Waals surface area contributed by atoms with Crippen LogP contribution in [-0.4, -0.2) is 38.3 Å². The van der Waals surface area contributed by atoms with Crippen LogP contribution in [0.1, 0.15) is 29.7 Å². The van der Waals surface area contributed by atoms with E-state index in [1.54, 1.807) is 54.9 Å². The quantitative estimate of drug-likeness (QED) is 0.376. The Kier molecular flexibility index (Phi) is 5.75. The molecule has 0 bridgehead atoms. The maximum atomic E-state index is 13.0. The fourth-order valence-corrected chi connectivity index (χ4v) is 3.66. The number of nitrogens with zero attached hydrogens (tertiary/aromatic N) is 3. The predicted molar refractivity (Wildman–Crippen MR) is 114 cm³/mol. The fraction of sp³-hybridized carbons (Fsp3) is 0.167. The molecule has 2 aromatic heterocycles. The summed E-state index contributed by atoms with van der Waals surface area (Å²) in [7, 11) is 0. The van der Waals surface area contributed by atoms with Crippen molar-refractivity contribution in [1.82, 2.24) is 14.9 Å². The molecule has 0 spiro atoms. The van der Waals surface area contributed by atoms with E-state index in [-0.39, 0.29) is 17.9 Å². The highest BCUT2D eigenvalue weighted by atomic mass is 16.5. The molecule has 3 heterocycles. The smallest absolute Gasteiger partial charge is 0.295 e. The topological polar surface area (TPSA) is 92.6 Å². The molecule has 3 aromatic rings. The number of hydrogen-bond donors (Lipinski definition) is 1. The zero-order chi connectivity index (χ0) is 21.8. The number of benzene rings is 1. The van der Waals surface area contributed by atoms with Crippen molar-refractivity contribution >= 4 is 17.4 Å². The zero-order valence-corrected chi connectivity index (χ0v) is 16.9. The van der Waals surface area contributed by atoms with Gasteiger partial charge in [-0.1, -0.05) is 18.2 Å². The van der Waals surface area contributed by atoms with Gasteiger partial charge in [0.05, 0.1) is 18.2 Å². The number of aromatic nitrogens is 2. The van der Waals surface area contributed by atoms with Crippen molar-refractivity contribution in [1.29, 1.82) is 0 Å². The van der Waals surface area contributed by atoms with Crippen LogP contribution in [0.5, 0.6) is 5.75 Å². The monoisotopic (exact) mass is 415 g/mol. The third-order valence-electron chi connectivity index (χ3n) is 5.08. The van der Waals surface area contributed by atoms with Gasteiger partial charge in [0.1, 0.15) is 11.5 Å². The van der Waals surface area contributed by atoms with Crippen LogP contribution in [0, 0.1) is 0 Å². The van der Waals surface area contributed by atoms with Crippen molar-refractivity contribution in [3.05, 3.63) is 95.6 Å². The van der Waals surface area contributed by atoms with Crippen LogP contribution in [0.4, 0.5) is 0 Å². The number of amides is 1. The van der Waals surface area contributed by atoms with Crippen LogP contribution in [0.15, 0.2) is 78.9 Å². The van der Waals surface area contributed by atoms with Gasteiger partial charge in [0.2, 0.25) is 0 Å². The van der Waals surface area contributed by atoms with Gasteiger partial charge in [-0.05, 0) is 48.4 Å². The second-order valence-electron chi connectivity index (χ2n) is 7.03. The van der Waals surface area contributed by atoms with Crippen LogP contribution in [0.3, 0.4) is 0 Å². The molecule has 7 heteroatoms. The lowest BCUT2D eigenvalue weighted by molar-refractivity contribution is -0.140. The van der Waals surface area contributed by atoms with Crippen molar-refractivity contribution in [2.75, 3.05) is 6.61 Å². The number of ether oxygens (including phenoxy) is 1. The van der Waals surface area contributed by atoms with Crippen LogP contribution < -0.4 is 4.74 Å². The minimum absolute atomic E-state index is 0.0456. The Hall–Kier alpha value is -4.00. The molecule has 1 amide bonds. The van der Waals surface area contributed by atoms with Gasteiger partial charge in [-0.3, -0.25) is 19.6 Å². The highest BCUT2D eigenvalue weighted by Crippen LogP contribution is 2.40. The number of carbonyl (C=O) groups is 2. The van der Waals surface area contributed by atoms with E-state index in [9.17, 15) is 14.7 Å². The highest BCUT2D eigenvalue weighted by Gasteiger charge is 2.46. The van der Waals surface area contributed by atoms with E-state index in [1.165, 1.54) is 17.3 Å². The number of pyridine rings is 2. The summed E-state index contributed by atoms with van der Waals surface area (Å²) >= 11 is 0. The maximum absolute atomic E-state index is 13.0. The summed E-state index contributed by atoms with van der Waals surface area (Å²) in [4.78, 5) is 35.5. The molecule has 1 fully saturated rings. The van der Waals surface area contributed by atoms with E-state index in [2.05, 4.69) is 9.97 Å². The van der Waals surface area contributed by atoms with Crippen molar-refractivity contribution in [2.24, 2.45) is 0 Å². The Balaban J connectivity index is 1.82. The number of aliphatic hydroxyl groups is 1. The van der Waals surface area contributed by atoms with Crippen molar-refractivity contribution in [3.8, 4) is 5.75 Å². The molecular weight excluding hydrogens is 394 g/mol. The summed E-state index contributed by atoms with van der Waals surface area (Å²) in [6, 6.07) is 13.2. The third-order valence-corrected chi connectivity index (χ3v) is 5.08. The van der Waals surface area contributed by atoms with E-state index >= 15 is 0 Å². The van der Waals surface area contributed by atoms with E-state index in [0.29, 0.717) is 23.5 Å². The van der Waals surface area contributed by atoms with E-state index in [0.717, 1.165) is 5.56 Å². The molecular formula is C24H21N3O4. The zero-order valence-electron chi connectivity index (χ0n) is 16.9. The normalized spacial score (nSPS) is 17.7. The molecule has 1 aliphatic rings. The Morgan fingerprint density at radius 3 is 2.42 bits per heavy atom. The standard InChI is InChI=1S/C24H21N3O4/c1-2-31-19-7-5-17(6-8-19)21-20(22(28)18-9-12-25-13-10-18)23(29)24(30)27(21)15-16-4-3-11-26-14-16/h3-14,21,28H,2,15H2,1H3/b22-20+. The van der Waals surface area contributed by atoms with Gasteiger partial charge in [-0.25, -0.2) is 0 Å². The molecule has 1 saturated heterocycles. The lowest BCUT2D eigenvalue weighted by Crippen LogP contribution is -2.29. The third kappa shape index (κ3) is 4.02. The first-order valence-electron chi connectivity index (χ1n) is 9.90. The van der Waals surface area contributed by atoms with Crippen LogP contribution >= 0.6 is 0 Å². The Bertz CT molecular complexity index is 1110. The average Bonchev–Trinajstić information content (AvgIpc) is 3.05. The first-order valence-corrected chi connectivity index (χ1v) is 9.90. The van der Waals surface area contributed by atoms with Gasteiger partial charge < -0.3 is 14.7 Å². The first kappa shape index (κ1) is 20.3. The number of Topliss-reactive ketones (excluding diaryl/α,β-unsaturated/α-hetero) is 1. The lowest BCUT2D eigenvalue weighted by Gasteiger charge is -2.25. The molecule has 1 atom stereocenters. The summed E-state index contributed by atoms with van der Waals surface area (Å²) in [5, 5.41) is 11.0. The first-order chi connectivity index (χ1) is 15.1. The van der Waals surface area contributed by atoms with Gasteiger partial charge in [0.15, 0.2) is 0 Å². The number of aliphatic hydroxyl groups excluding tert-OH is 1. The van der Waals surface area contributed by atoms with Crippen molar-refractivity contribution in [2.45, 2.75) is 19.5 Å². The molecule has 1 aromatic carbocycles. The molecule has 1 aliphatic heterocycles. The molecule has 4 rings (SSSR count). The minimum atomic E-state index is -0.746. The summed E-state index contributed by atoms with van der Waals surface area (Å²) < 4.78 is 5.51. The second kappa shape index (κ2) is 8.79. The van der Waals surface area contributed by atoms with Gasteiger partial charge in [-0.2, -0.15) is 0 Å². The molecule has 0 aliphatic carbocycles. The van der Waals surface area contributed by atoms with Crippen LogP contribution in [0.2, 0.25) is 0 Å². The maximum Gasteiger partial charge on any atom is 0.295 e. The molecule has 1 unspecified atom stereocenters. The van der Waals surface area contributed by atoms with Crippen molar-refractivity contribution < 1.29 is 19.4 Å². The molecule has 0 radical (unpaired) electrons. The summed E-state index contributed by atoms with van der Waals surface area (Å²) in [5.41, 5.74) is 1.95. The van der Waals surface area contributed by atoms with Crippen LogP contribution in [-0.2, 0) is 16.1 Å². The molecule has 31 heavy (non-hydrogen) atoms. The molecule has 7 nitrogen and oxygen atoms in total. The Morgan fingerprint density at radius 1 is 1.03 bits per heavy atom. The largest absolute Gasteiger partial charge is 0.507 e. The summed E-state index contributed by atoms with van der Waals surface area (Å²) in [6.45, 7) is 2.61. The van der Waals surface area contributed by atoms with Gasteiger partial charge in [0.25, 0.3) is 11.7 Å². The summed E-state index contributed by atoms with van der Waals surface area (Å²) in [6.07, 6.45) is 6.34. The van der Waals surface area contributed by atoms with Gasteiger partial charge in [0, 0.05) is 36.9 Å². The Labute approximate surface area is 179 Å². The number of hydrogen-bond acceptors (Lipinski definition) is 6. The SMILES string of the molecule is CCOc1ccc(C2/C(=C(\O)c3ccncc3)C(=O)C(=O)N2Cc2cccnc2)cc1. The number of rotatable bonds is 6. The van der Waals surface area contributed by atoms with Crippen molar-refractivity contribution in [3.63, 3.8) is 0 Å². The Morgan fingerprint density at radius 2 is 1.77 bits per heavy atom. The average molecular weight is 415 g/mol. The predicted octanol–water partition coefficient (Wildman–Crippen LogP) is 3.50. The lowest BCUT2D eigenvalue weighted by atomic mass is 9.95.